The van der Waals surface area contributed by atoms with Crippen LogP contribution in [0.1, 0.15) is 37.8 Å². The Balaban J connectivity index is 2.19. The van der Waals surface area contributed by atoms with E-state index in [1.807, 2.05) is 19.4 Å². The summed E-state index contributed by atoms with van der Waals surface area (Å²) in [5.41, 5.74) is 1.18. The van der Waals surface area contributed by atoms with Crippen LogP contribution in [0, 0.1) is 0 Å². The maximum absolute atomic E-state index is 5.71. The quantitative estimate of drug-likeness (QED) is 0.809. The van der Waals surface area contributed by atoms with E-state index in [0.717, 1.165) is 19.4 Å². The molecule has 1 fully saturated rings. The number of ether oxygens (including phenoxy) is 1. The molecule has 2 rings (SSSR count). The van der Waals surface area contributed by atoms with Gasteiger partial charge in [0.05, 0.1) is 24.2 Å². The molecule has 0 bridgehead atoms. The fourth-order valence-electron chi connectivity index (χ4n) is 2.39. The SMILES string of the molecule is CCNC(c1ccoc1)C1(OC)CCC1. The lowest BCUT2D eigenvalue weighted by Crippen LogP contribution is -2.50. The first-order chi connectivity index (χ1) is 7.32. The molecule has 3 nitrogen and oxygen atoms in total. The summed E-state index contributed by atoms with van der Waals surface area (Å²) in [7, 11) is 1.81. The maximum Gasteiger partial charge on any atom is 0.0951 e. The highest BCUT2D eigenvalue weighted by Crippen LogP contribution is 2.44. The molecule has 3 heteroatoms. The molecule has 0 aliphatic heterocycles. The Morgan fingerprint density at radius 3 is 2.80 bits per heavy atom. The van der Waals surface area contributed by atoms with E-state index in [2.05, 4.69) is 12.2 Å². The highest BCUT2D eigenvalue weighted by atomic mass is 16.5. The highest BCUT2D eigenvalue weighted by molar-refractivity contribution is 5.19. The molecule has 1 aromatic heterocycles. The van der Waals surface area contributed by atoms with Gasteiger partial charge in [-0.15, -0.1) is 0 Å². The van der Waals surface area contributed by atoms with E-state index in [1.165, 1.54) is 12.0 Å². The molecular formula is C12H19NO2. The van der Waals surface area contributed by atoms with E-state index >= 15 is 0 Å². The minimum atomic E-state index is -0.0140. The topological polar surface area (TPSA) is 34.4 Å². The van der Waals surface area contributed by atoms with Gasteiger partial charge in [0.25, 0.3) is 0 Å². The summed E-state index contributed by atoms with van der Waals surface area (Å²) < 4.78 is 10.9. The Morgan fingerprint density at radius 1 is 1.60 bits per heavy atom. The van der Waals surface area contributed by atoms with E-state index in [-0.39, 0.29) is 11.6 Å². The van der Waals surface area contributed by atoms with Crippen LogP contribution in [0.5, 0.6) is 0 Å². The third kappa shape index (κ3) is 1.82. The standard InChI is InChI=1S/C12H19NO2/c1-3-13-11(10-5-8-15-9-10)12(14-2)6-4-7-12/h5,8-9,11,13H,3-4,6-7H2,1-2H3. The molecule has 1 N–H and O–H groups in total. The first-order valence-electron chi connectivity index (χ1n) is 5.63. The van der Waals surface area contributed by atoms with Crippen molar-refractivity contribution in [2.45, 2.75) is 37.8 Å². The fourth-order valence-corrected chi connectivity index (χ4v) is 2.39. The first-order valence-corrected chi connectivity index (χ1v) is 5.63. The normalized spacial score (nSPS) is 20.9. The minimum absolute atomic E-state index is 0.0140. The molecular weight excluding hydrogens is 190 g/mol. The van der Waals surface area contributed by atoms with Gasteiger partial charge in [-0.1, -0.05) is 6.92 Å². The Bertz CT molecular complexity index is 285. The van der Waals surface area contributed by atoms with Gasteiger partial charge in [-0.2, -0.15) is 0 Å². The lowest BCUT2D eigenvalue weighted by Gasteiger charge is -2.46. The van der Waals surface area contributed by atoms with Gasteiger partial charge < -0.3 is 14.5 Å². The van der Waals surface area contributed by atoms with Gasteiger partial charge in [-0.3, -0.25) is 0 Å². The molecule has 1 aliphatic rings. The van der Waals surface area contributed by atoms with Crippen molar-refractivity contribution >= 4 is 0 Å². The van der Waals surface area contributed by atoms with Crippen molar-refractivity contribution in [2.24, 2.45) is 0 Å². The second kappa shape index (κ2) is 4.37. The molecule has 0 amide bonds. The predicted octanol–water partition coefficient (Wildman–Crippen LogP) is 2.50. The Kier molecular flexibility index (Phi) is 3.12. The summed E-state index contributed by atoms with van der Waals surface area (Å²) in [6, 6.07) is 2.28. The average molecular weight is 209 g/mol. The second-order valence-electron chi connectivity index (χ2n) is 4.17. The third-order valence-corrected chi connectivity index (χ3v) is 3.42. The summed E-state index contributed by atoms with van der Waals surface area (Å²) in [5, 5.41) is 3.49. The van der Waals surface area contributed by atoms with Gasteiger partial charge >= 0.3 is 0 Å². The molecule has 0 spiro atoms. The fraction of sp³-hybridized carbons (Fsp3) is 0.667. The van der Waals surface area contributed by atoms with Crippen molar-refractivity contribution in [1.82, 2.24) is 5.32 Å². The van der Waals surface area contributed by atoms with Crippen molar-refractivity contribution in [2.75, 3.05) is 13.7 Å². The minimum Gasteiger partial charge on any atom is -0.472 e. The monoisotopic (exact) mass is 209 g/mol. The largest absolute Gasteiger partial charge is 0.472 e. The van der Waals surface area contributed by atoms with Crippen LogP contribution in [-0.4, -0.2) is 19.3 Å². The van der Waals surface area contributed by atoms with E-state index in [9.17, 15) is 0 Å². The van der Waals surface area contributed by atoms with E-state index < -0.39 is 0 Å². The number of furan rings is 1. The van der Waals surface area contributed by atoms with Gasteiger partial charge in [0.15, 0.2) is 0 Å². The Morgan fingerprint density at radius 2 is 2.40 bits per heavy atom. The molecule has 1 aromatic rings. The molecule has 1 unspecified atom stereocenters. The highest BCUT2D eigenvalue weighted by Gasteiger charge is 2.45. The molecule has 0 aromatic carbocycles. The smallest absolute Gasteiger partial charge is 0.0951 e. The van der Waals surface area contributed by atoms with Crippen LogP contribution in [0.15, 0.2) is 23.0 Å². The predicted molar refractivity (Wildman–Crippen MR) is 58.7 cm³/mol. The van der Waals surface area contributed by atoms with Crippen molar-refractivity contribution in [3.8, 4) is 0 Å². The zero-order chi connectivity index (χ0) is 10.7. The Labute approximate surface area is 90.8 Å². The molecule has 1 saturated carbocycles. The molecule has 0 saturated heterocycles. The summed E-state index contributed by atoms with van der Waals surface area (Å²) >= 11 is 0. The zero-order valence-electron chi connectivity index (χ0n) is 9.45. The van der Waals surface area contributed by atoms with E-state index in [1.54, 1.807) is 6.26 Å². The number of nitrogens with one attached hydrogen (secondary N) is 1. The number of methoxy groups -OCH3 is 1. The van der Waals surface area contributed by atoms with Crippen LogP contribution in [-0.2, 0) is 4.74 Å². The number of rotatable bonds is 5. The summed E-state index contributed by atoms with van der Waals surface area (Å²) in [6.45, 7) is 3.07. The summed E-state index contributed by atoms with van der Waals surface area (Å²) in [4.78, 5) is 0. The average Bonchev–Trinajstić information content (AvgIpc) is 2.68. The van der Waals surface area contributed by atoms with Crippen LogP contribution in [0.25, 0.3) is 0 Å². The molecule has 1 atom stereocenters. The van der Waals surface area contributed by atoms with Crippen molar-refractivity contribution in [3.63, 3.8) is 0 Å². The van der Waals surface area contributed by atoms with E-state index in [0.29, 0.717) is 0 Å². The molecule has 0 radical (unpaired) electrons. The number of hydrogen-bond acceptors (Lipinski definition) is 3. The van der Waals surface area contributed by atoms with Crippen LogP contribution >= 0.6 is 0 Å². The van der Waals surface area contributed by atoms with Crippen molar-refractivity contribution < 1.29 is 9.15 Å². The zero-order valence-corrected chi connectivity index (χ0v) is 9.45. The van der Waals surface area contributed by atoms with Crippen LogP contribution < -0.4 is 5.32 Å². The van der Waals surface area contributed by atoms with Gasteiger partial charge in [-0.25, -0.2) is 0 Å². The molecule has 84 valence electrons. The second-order valence-corrected chi connectivity index (χ2v) is 4.17. The number of hydrogen-bond donors (Lipinski definition) is 1. The summed E-state index contributed by atoms with van der Waals surface area (Å²) in [6.07, 6.45) is 7.06. The van der Waals surface area contributed by atoms with Gasteiger partial charge in [0.1, 0.15) is 0 Å². The Hall–Kier alpha value is -0.800. The van der Waals surface area contributed by atoms with Crippen molar-refractivity contribution in [3.05, 3.63) is 24.2 Å². The molecule has 1 heterocycles. The summed E-state index contributed by atoms with van der Waals surface area (Å²) in [5.74, 6) is 0. The number of likely N-dealkylation sites (N-methyl/N-ethyl adjacent to an activating group) is 1. The van der Waals surface area contributed by atoms with Gasteiger partial charge in [0.2, 0.25) is 0 Å². The molecule has 1 aliphatic carbocycles. The third-order valence-electron chi connectivity index (χ3n) is 3.42. The van der Waals surface area contributed by atoms with Gasteiger partial charge in [-0.05, 0) is 31.9 Å². The first kappa shape index (κ1) is 10.7. The molecule has 15 heavy (non-hydrogen) atoms. The van der Waals surface area contributed by atoms with Crippen LogP contribution in [0.2, 0.25) is 0 Å². The maximum atomic E-state index is 5.71. The lowest BCUT2D eigenvalue weighted by atomic mass is 9.72. The van der Waals surface area contributed by atoms with Crippen molar-refractivity contribution in [1.29, 1.82) is 0 Å². The van der Waals surface area contributed by atoms with Crippen LogP contribution in [0.3, 0.4) is 0 Å². The van der Waals surface area contributed by atoms with E-state index in [4.69, 9.17) is 9.15 Å². The van der Waals surface area contributed by atoms with Gasteiger partial charge in [0, 0.05) is 12.7 Å². The lowest BCUT2D eigenvalue weighted by molar-refractivity contribution is -0.0996. The van der Waals surface area contributed by atoms with Crippen LogP contribution in [0.4, 0.5) is 0 Å².